The third kappa shape index (κ3) is 2.97. The van der Waals surface area contributed by atoms with E-state index in [9.17, 15) is 12.8 Å². The number of pyridine rings is 1. The van der Waals surface area contributed by atoms with Gasteiger partial charge in [0.1, 0.15) is 5.82 Å². The second-order valence-electron chi connectivity index (χ2n) is 5.46. The Labute approximate surface area is 134 Å². The van der Waals surface area contributed by atoms with Crippen molar-refractivity contribution in [2.45, 2.75) is 18.2 Å². The van der Waals surface area contributed by atoms with E-state index in [0.717, 1.165) is 10.9 Å². The maximum atomic E-state index is 13.5. The van der Waals surface area contributed by atoms with Crippen LogP contribution in [0.5, 0.6) is 0 Å². The van der Waals surface area contributed by atoms with Gasteiger partial charge in [0.15, 0.2) is 9.84 Å². The summed E-state index contributed by atoms with van der Waals surface area (Å²) in [6.07, 6.45) is 1.88. The van der Waals surface area contributed by atoms with E-state index in [1.165, 1.54) is 18.4 Å². The average Bonchev–Trinajstić information content (AvgIpc) is 2.52. The fraction of sp³-hybridized carbons (Fsp3) is 0.167. The van der Waals surface area contributed by atoms with Crippen LogP contribution >= 0.6 is 0 Å². The first-order valence-corrected chi connectivity index (χ1v) is 9.18. The molecule has 0 fully saturated rings. The van der Waals surface area contributed by atoms with Crippen LogP contribution in [0.15, 0.2) is 53.4 Å². The minimum Gasteiger partial charge on any atom is -0.247 e. The monoisotopic (exact) mass is 329 g/mol. The molecule has 3 nitrogen and oxygen atoms in total. The summed E-state index contributed by atoms with van der Waals surface area (Å²) in [5.41, 5.74) is 2.59. The largest absolute Gasteiger partial charge is 0.247 e. The molecule has 0 spiro atoms. The molecule has 0 aliphatic heterocycles. The predicted molar refractivity (Wildman–Crippen MR) is 89.6 cm³/mol. The second kappa shape index (κ2) is 5.74. The van der Waals surface area contributed by atoms with Crippen LogP contribution in [0.4, 0.5) is 4.39 Å². The second-order valence-corrected chi connectivity index (χ2v) is 7.44. The minimum absolute atomic E-state index is 0.234. The molecular weight excluding hydrogens is 313 g/mol. The number of aromatic nitrogens is 1. The zero-order chi connectivity index (χ0) is 16.6. The Kier molecular flexibility index (Phi) is 3.90. The van der Waals surface area contributed by atoms with Gasteiger partial charge in [-0.1, -0.05) is 25.1 Å². The van der Waals surface area contributed by atoms with Crippen molar-refractivity contribution in [1.29, 1.82) is 0 Å². The van der Waals surface area contributed by atoms with Crippen LogP contribution in [-0.2, 0) is 16.3 Å². The SMILES string of the molecule is CCc1cc2ccc(F)cc2nc1-c1ccccc1S(C)(=O)=O. The molecule has 0 aliphatic rings. The van der Waals surface area contributed by atoms with Crippen molar-refractivity contribution in [2.24, 2.45) is 0 Å². The number of benzene rings is 2. The van der Waals surface area contributed by atoms with E-state index < -0.39 is 9.84 Å². The summed E-state index contributed by atoms with van der Waals surface area (Å²) in [6, 6.07) is 13.2. The minimum atomic E-state index is -3.38. The molecule has 0 unspecified atom stereocenters. The Balaban J connectivity index is 2.36. The highest BCUT2D eigenvalue weighted by Crippen LogP contribution is 2.31. The van der Waals surface area contributed by atoms with Crippen molar-refractivity contribution >= 4 is 20.7 Å². The Morgan fingerprint density at radius 3 is 2.52 bits per heavy atom. The van der Waals surface area contributed by atoms with Gasteiger partial charge < -0.3 is 0 Å². The molecule has 0 atom stereocenters. The van der Waals surface area contributed by atoms with Crippen molar-refractivity contribution in [1.82, 2.24) is 4.98 Å². The first-order chi connectivity index (χ1) is 10.9. The van der Waals surface area contributed by atoms with Gasteiger partial charge in [0.05, 0.1) is 16.1 Å². The highest BCUT2D eigenvalue weighted by molar-refractivity contribution is 7.90. The van der Waals surface area contributed by atoms with E-state index in [1.807, 2.05) is 13.0 Å². The third-order valence-corrected chi connectivity index (χ3v) is 4.94. The molecule has 23 heavy (non-hydrogen) atoms. The first kappa shape index (κ1) is 15.6. The summed E-state index contributed by atoms with van der Waals surface area (Å²) >= 11 is 0. The van der Waals surface area contributed by atoms with Gasteiger partial charge in [-0.2, -0.15) is 0 Å². The fourth-order valence-electron chi connectivity index (χ4n) is 2.67. The Morgan fingerprint density at radius 2 is 1.83 bits per heavy atom. The number of nitrogens with zero attached hydrogens (tertiary/aromatic N) is 1. The van der Waals surface area contributed by atoms with Crippen molar-refractivity contribution in [3.8, 4) is 11.3 Å². The molecule has 0 saturated heterocycles. The number of hydrogen-bond acceptors (Lipinski definition) is 3. The highest BCUT2D eigenvalue weighted by Gasteiger charge is 2.17. The first-order valence-electron chi connectivity index (χ1n) is 7.29. The number of rotatable bonds is 3. The predicted octanol–water partition coefficient (Wildman–Crippen LogP) is 4.01. The summed E-state index contributed by atoms with van der Waals surface area (Å²) in [7, 11) is -3.38. The maximum absolute atomic E-state index is 13.5. The maximum Gasteiger partial charge on any atom is 0.176 e. The molecule has 0 N–H and O–H groups in total. The van der Waals surface area contributed by atoms with E-state index >= 15 is 0 Å². The summed E-state index contributed by atoms with van der Waals surface area (Å²) in [4.78, 5) is 4.78. The van der Waals surface area contributed by atoms with Gasteiger partial charge in [0, 0.05) is 23.3 Å². The van der Waals surface area contributed by atoms with Gasteiger partial charge in [0.25, 0.3) is 0 Å². The topological polar surface area (TPSA) is 47.0 Å². The Bertz CT molecular complexity index is 997. The number of hydrogen-bond donors (Lipinski definition) is 0. The lowest BCUT2D eigenvalue weighted by Gasteiger charge is -2.12. The van der Waals surface area contributed by atoms with E-state index in [1.54, 1.807) is 30.3 Å². The smallest absolute Gasteiger partial charge is 0.176 e. The molecule has 118 valence electrons. The third-order valence-electron chi connectivity index (χ3n) is 3.78. The van der Waals surface area contributed by atoms with Crippen LogP contribution in [0.2, 0.25) is 0 Å². The molecule has 1 heterocycles. The van der Waals surface area contributed by atoms with Gasteiger partial charge >= 0.3 is 0 Å². The van der Waals surface area contributed by atoms with E-state index in [4.69, 9.17) is 0 Å². The zero-order valence-corrected chi connectivity index (χ0v) is 13.7. The molecule has 3 aromatic rings. The average molecular weight is 329 g/mol. The molecule has 0 aliphatic carbocycles. The van der Waals surface area contributed by atoms with Gasteiger partial charge in [0.2, 0.25) is 0 Å². The standard InChI is InChI=1S/C18H16FNO2S/c1-3-12-10-13-8-9-14(19)11-16(13)20-18(12)15-6-4-5-7-17(15)23(2,21)22/h4-11H,3H2,1-2H3. The van der Waals surface area contributed by atoms with Crippen molar-refractivity contribution in [2.75, 3.05) is 6.26 Å². The van der Waals surface area contributed by atoms with Crippen LogP contribution in [0.25, 0.3) is 22.2 Å². The lowest BCUT2D eigenvalue weighted by atomic mass is 10.0. The Morgan fingerprint density at radius 1 is 1.09 bits per heavy atom. The molecule has 0 bridgehead atoms. The van der Waals surface area contributed by atoms with Crippen LogP contribution < -0.4 is 0 Å². The summed E-state index contributed by atoms with van der Waals surface area (Å²) in [5, 5.41) is 0.837. The lowest BCUT2D eigenvalue weighted by molar-refractivity contribution is 0.602. The van der Waals surface area contributed by atoms with Gasteiger partial charge in [-0.3, -0.25) is 0 Å². The van der Waals surface area contributed by atoms with Gasteiger partial charge in [-0.15, -0.1) is 0 Å². The Hall–Kier alpha value is -2.27. The lowest BCUT2D eigenvalue weighted by Crippen LogP contribution is -2.02. The van der Waals surface area contributed by atoms with Crippen molar-refractivity contribution in [3.63, 3.8) is 0 Å². The van der Waals surface area contributed by atoms with Gasteiger partial charge in [-0.25, -0.2) is 17.8 Å². The molecule has 0 saturated carbocycles. The van der Waals surface area contributed by atoms with Crippen molar-refractivity contribution in [3.05, 3.63) is 59.9 Å². The molecular formula is C18H16FNO2S. The molecule has 1 aromatic heterocycles. The normalized spacial score (nSPS) is 11.8. The van der Waals surface area contributed by atoms with E-state index in [-0.39, 0.29) is 10.7 Å². The van der Waals surface area contributed by atoms with E-state index in [2.05, 4.69) is 4.98 Å². The molecule has 0 amide bonds. The summed E-state index contributed by atoms with van der Waals surface area (Å²) in [6.45, 7) is 1.99. The van der Waals surface area contributed by atoms with Crippen LogP contribution in [-0.4, -0.2) is 19.7 Å². The van der Waals surface area contributed by atoms with Gasteiger partial charge in [-0.05, 0) is 36.2 Å². The molecule has 5 heteroatoms. The zero-order valence-electron chi connectivity index (χ0n) is 12.9. The molecule has 0 radical (unpaired) electrons. The summed E-state index contributed by atoms with van der Waals surface area (Å²) < 4.78 is 37.6. The van der Waals surface area contributed by atoms with E-state index in [0.29, 0.717) is 23.2 Å². The highest BCUT2D eigenvalue weighted by atomic mass is 32.2. The number of fused-ring (bicyclic) bond motifs is 1. The fourth-order valence-corrected chi connectivity index (χ4v) is 3.56. The number of sulfone groups is 1. The summed E-state index contributed by atoms with van der Waals surface area (Å²) in [5.74, 6) is -0.364. The van der Waals surface area contributed by atoms with Crippen LogP contribution in [0.3, 0.4) is 0 Å². The molecule has 2 aromatic carbocycles. The number of aryl methyl sites for hydroxylation is 1. The quantitative estimate of drug-likeness (QED) is 0.729. The number of halogens is 1. The van der Waals surface area contributed by atoms with Crippen LogP contribution in [0.1, 0.15) is 12.5 Å². The van der Waals surface area contributed by atoms with Crippen LogP contribution in [0, 0.1) is 5.82 Å². The van der Waals surface area contributed by atoms with Crippen molar-refractivity contribution < 1.29 is 12.8 Å². The molecule has 3 rings (SSSR count).